The van der Waals surface area contributed by atoms with Crippen LogP contribution in [0.4, 0.5) is 4.79 Å². The van der Waals surface area contributed by atoms with E-state index >= 15 is 0 Å². The number of carboxylic acid groups (broad SMARTS) is 1. The van der Waals surface area contributed by atoms with E-state index in [2.05, 4.69) is 12.2 Å². The van der Waals surface area contributed by atoms with Crippen LogP contribution in [0.1, 0.15) is 64.7 Å². The van der Waals surface area contributed by atoms with Crippen LogP contribution in [-0.2, 0) is 4.79 Å². The lowest BCUT2D eigenvalue weighted by Crippen LogP contribution is -2.49. The number of hydrogen-bond acceptors (Lipinski definition) is 2. The van der Waals surface area contributed by atoms with Gasteiger partial charge in [-0.15, -0.1) is 0 Å². The first kappa shape index (κ1) is 16.1. The van der Waals surface area contributed by atoms with Gasteiger partial charge in [-0.1, -0.05) is 26.2 Å². The summed E-state index contributed by atoms with van der Waals surface area (Å²) in [4.78, 5) is 25.1. The lowest BCUT2D eigenvalue weighted by molar-refractivity contribution is -0.137. The summed E-state index contributed by atoms with van der Waals surface area (Å²) in [7, 11) is 0. The van der Waals surface area contributed by atoms with Gasteiger partial charge in [0.1, 0.15) is 0 Å². The molecule has 0 aromatic heterocycles. The zero-order chi connectivity index (χ0) is 15.2. The number of amides is 2. The lowest BCUT2D eigenvalue weighted by Gasteiger charge is -2.33. The molecule has 5 heteroatoms. The average Bonchev–Trinajstić information content (AvgIpc) is 2.93. The molecular weight excluding hydrogens is 268 g/mol. The van der Waals surface area contributed by atoms with E-state index in [9.17, 15) is 9.59 Å². The monoisotopic (exact) mass is 296 g/mol. The molecule has 2 N–H and O–H groups in total. The van der Waals surface area contributed by atoms with Crippen LogP contribution in [0.25, 0.3) is 0 Å². The van der Waals surface area contributed by atoms with Gasteiger partial charge in [0.15, 0.2) is 0 Å². The van der Waals surface area contributed by atoms with E-state index < -0.39 is 5.97 Å². The predicted molar refractivity (Wildman–Crippen MR) is 81.2 cm³/mol. The van der Waals surface area contributed by atoms with Gasteiger partial charge in [-0.05, 0) is 38.0 Å². The van der Waals surface area contributed by atoms with Crippen LogP contribution in [0.5, 0.6) is 0 Å². The van der Waals surface area contributed by atoms with Crippen LogP contribution >= 0.6 is 0 Å². The summed E-state index contributed by atoms with van der Waals surface area (Å²) in [6.45, 7) is 2.81. The largest absolute Gasteiger partial charge is 0.481 e. The third-order valence-electron chi connectivity index (χ3n) is 5.02. The molecule has 1 aliphatic carbocycles. The second-order valence-corrected chi connectivity index (χ2v) is 6.45. The molecule has 2 unspecified atom stereocenters. The summed E-state index contributed by atoms with van der Waals surface area (Å²) in [5.74, 6) is -0.229. The van der Waals surface area contributed by atoms with Gasteiger partial charge >= 0.3 is 12.0 Å². The zero-order valence-corrected chi connectivity index (χ0v) is 13.0. The minimum Gasteiger partial charge on any atom is -0.481 e. The van der Waals surface area contributed by atoms with Crippen molar-refractivity contribution in [3.8, 4) is 0 Å². The molecule has 1 saturated carbocycles. The molecule has 5 nitrogen and oxygen atoms in total. The fourth-order valence-electron chi connectivity index (χ4n) is 3.85. The molecule has 1 aliphatic heterocycles. The molecule has 2 rings (SSSR count). The van der Waals surface area contributed by atoms with Gasteiger partial charge in [0.25, 0.3) is 0 Å². The van der Waals surface area contributed by atoms with Crippen molar-refractivity contribution in [1.29, 1.82) is 0 Å². The fraction of sp³-hybridized carbons (Fsp3) is 0.875. The van der Waals surface area contributed by atoms with E-state index in [1.165, 1.54) is 32.1 Å². The van der Waals surface area contributed by atoms with Crippen LogP contribution in [0.3, 0.4) is 0 Å². The summed E-state index contributed by atoms with van der Waals surface area (Å²) in [6, 6.07) is 0.0476. The van der Waals surface area contributed by atoms with Crippen molar-refractivity contribution >= 4 is 12.0 Å². The maximum atomic E-state index is 12.5. The maximum absolute atomic E-state index is 12.5. The molecule has 0 bridgehead atoms. The zero-order valence-electron chi connectivity index (χ0n) is 13.0. The van der Waals surface area contributed by atoms with E-state index in [4.69, 9.17) is 5.11 Å². The Kier molecular flexibility index (Phi) is 5.88. The summed E-state index contributed by atoms with van der Waals surface area (Å²) in [6.07, 6.45) is 8.99. The highest BCUT2D eigenvalue weighted by atomic mass is 16.4. The topological polar surface area (TPSA) is 69.6 Å². The summed E-state index contributed by atoms with van der Waals surface area (Å²) < 4.78 is 0. The molecule has 2 aliphatic rings. The Morgan fingerprint density at radius 3 is 2.52 bits per heavy atom. The SMILES string of the molecule is CCC(NC(=O)N1CCCC1CC(=O)O)C1CCCCC1. The number of nitrogens with one attached hydrogen (secondary N) is 1. The number of rotatable bonds is 5. The molecular formula is C16H28N2O3. The van der Waals surface area contributed by atoms with E-state index in [-0.39, 0.29) is 24.5 Å². The van der Waals surface area contributed by atoms with Gasteiger partial charge in [0, 0.05) is 18.6 Å². The van der Waals surface area contributed by atoms with Crippen LogP contribution in [0.15, 0.2) is 0 Å². The van der Waals surface area contributed by atoms with Gasteiger partial charge in [0.2, 0.25) is 0 Å². The number of nitrogens with zero attached hydrogens (tertiary/aromatic N) is 1. The minimum atomic E-state index is -0.820. The smallest absolute Gasteiger partial charge is 0.317 e. The molecule has 0 aromatic rings. The molecule has 2 fully saturated rings. The first-order valence-electron chi connectivity index (χ1n) is 8.40. The van der Waals surface area contributed by atoms with Crippen molar-refractivity contribution in [2.45, 2.75) is 76.8 Å². The van der Waals surface area contributed by atoms with Crippen LogP contribution < -0.4 is 5.32 Å². The molecule has 0 aromatic carbocycles. The standard InChI is InChI=1S/C16H28N2O3/c1-2-14(12-7-4-3-5-8-12)17-16(21)18-10-6-9-13(18)11-15(19)20/h12-14H,2-11H2,1H3,(H,17,21)(H,19,20). The molecule has 120 valence electrons. The normalized spacial score (nSPS) is 24.8. The Hall–Kier alpha value is -1.26. The van der Waals surface area contributed by atoms with Gasteiger partial charge in [0.05, 0.1) is 6.42 Å². The van der Waals surface area contributed by atoms with Crippen LogP contribution in [0.2, 0.25) is 0 Å². The molecule has 0 spiro atoms. The van der Waals surface area contributed by atoms with Crippen LogP contribution in [0, 0.1) is 5.92 Å². The lowest BCUT2D eigenvalue weighted by atomic mass is 9.83. The molecule has 0 radical (unpaired) electrons. The predicted octanol–water partition coefficient (Wildman–Crippen LogP) is 2.99. The molecule has 2 atom stereocenters. The number of likely N-dealkylation sites (tertiary alicyclic amines) is 1. The highest BCUT2D eigenvalue weighted by Gasteiger charge is 2.32. The second-order valence-electron chi connectivity index (χ2n) is 6.45. The molecule has 1 saturated heterocycles. The Bertz CT molecular complexity index is 367. The number of urea groups is 1. The molecule has 21 heavy (non-hydrogen) atoms. The number of carboxylic acids is 1. The Morgan fingerprint density at radius 1 is 1.19 bits per heavy atom. The minimum absolute atomic E-state index is 0.0591. The van der Waals surface area contributed by atoms with Crippen molar-refractivity contribution in [1.82, 2.24) is 10.2 Å². The molecule has 2 amide bonds. The Balaban J connectivity index is 1.90. The highest BCUT2D eigenvalue weighted by molar-refractivity contribution is 5.76. The first-order chi connectivity index (χ1) is 10.1. The van der Waals surface area contributed by atoms with Crippen molar-refractivity contribution in [2.75, 3.05) is 6.54 Å². The number of aliphatic carboxylic acids is 1. The number of hydrogen-bond donors (Lipinski definition) is 2. The van der Waals surface area contributed by atoms with Gasteiger partial charge in [-0.2, -0.15) is 0 Å². The van der Waals surface area contributed by atoms with E-state index in [1.54, 1.807) is 4.90 Å². The quantitative estimate of drug-likeness (QED) is 0.819. The highest BCUT2D eigenvalue weighted by Crippen LogP contribution is 2.28. The number of carbonyl (C=O) groups excluding carboxylic acids is 1. The third-order valence-corrected chi connectivity index (χ3v) is 5.02. The average molecular weight is 296 g/mol. The van der Waals surface area contributed by atoms with Crippen molar-refractivity contribution in [2.24, 2.45) is 5.92 Å². The summed E-state index contributed by atoms with van der Waals surface area (Å²) >= 11 is 0. The Labute approximate surface area is 127 Å². The summed E-state index contributed by atoms with van der Waals surface area (Å²) in [5.41, 5.74) is 0. The van der Waals surface area contributed by atoms with Gasteiger partial charge in [-0.25, -0.2) is 4.79 Å². The van der Waals surface area contributed by atoms with E-state index in [1.807, 2.05) is 0 Å². The fourth-order valence-corrected chi connectivity index (χ4v) is 3.85. The Morgan fingerprint density at radius 2 is 1.90 bits per heavy atom. The third kappa shape index (κ3) is 4.35. The van der Waals surface area contributed by atoms with Gasteiger partial charge in [-0.3, -0.25) is 4.79 Å². The van der Waals surface area contributed by atoms with Crippen molar-refractivity contribution in [3.63, 3.8) is 0 Å². The van der Waals surface area contributed by atoms with Gasteiger partial charge < -0.3 is 15.3 Å². The van der Waals surface area contributed by atoms with Crippen molar-refractivity contribution in [3.05, 3.63) is 0 Å². The summed E-state index contributed by atoms with van der Waals surface area (Å²) in [5, 5.41) is 12.1. The van der Waals surface area contributed by atoms with E-state index in [0.29, 0.717) is 12.5 Å². The molecule has 1 heterocycles. The van der Waals surface area contributed by atoms with E-state index in [0.717, 1.165) is 19.3 Å². The number of carbonyl (C=O) groups is 2. The second kappa shape index (κ2) is 7.66. The van der Waals surface area contributed by atoms with Crippen molar-refractivity contribution < 1.29 is 14.7 Å². The maximum Gasteiger partial charge on any atom is 0.317 e. The van der Waals surface area contributed by atoms with Crippen LogP contribution in [-0.4, -0.2) is 40.6 Å². The first-order valence-corrected chi connectivity index (χ1v) is 8.40.